The molecule has 2 aromatic rings. The zero-order valence-electron chi connectivity index (χ0n) is 18.3. The number of nitrogens with zero attached hydrogens (tertiary/aromatic N) is 1. The lowest BCUT2D eigenvalue weighted by Crippen LogP contribution is -2.55. The maximum atomic E-state index is 13.6. The lowest BCUT2D eigenvalue weighted by Gasteiger charge is -2.47. The Hall–Kier alpha value is -2.46. The molecule has 2 aliphatic rings. The Bertz CT molecular complexity index is 918. The van der Waals surface area contributed by atoms with Gasteiger partial charge >= 0.3 is 5.97 Å². The summed E-state index contributed by atoms with van der Waals surface area (Å²) >= 11 is 0. The number of hydrogen-bond acceptors (Lipinski definition) is 4. The molecule has 0 radical (unpaired) electrons. The summed E-state index contributed by atoms with van der Waals surface area (Å²) in [6, 6.07) is 20.2. The van der Waals surface area contributed by atoms with Gasteiger partial charge in [-0.3, -0.25) is 14.5 Å². The zero-order valence-corrected chi connectivity index (χ0v) is 18.3. The molecule has 4 heteroatoms. The highest BCUT2D eigenvalue weighted by Gasteiger charge is 2.62. The van der Waals surface area contributed by atoms with Crippen LogP contribution in [0.3, 0.4) is 0 Å². The first kappa shape index (κ1) is 20.8. The van der Waals surface area contributed by atoms with Gasteiger partial charge < -0.3 is 4.74 Å². The first-order chi connectivity index (χ1) is 14.2. The van der Waals surface area contributed by atoms with Crippen molar-refractivity contribution in [1.82, 2.24) is 4.90 Å². The van der Waals surface area contributed by atoms with Crippen molar-refractivity contribution in [2.45, 2.75) is 70.2 Å². The van der Waals surface area contributed by atoms with Crippen LogP contribution in [0.15, 0.2) is 60.7 Å². The van der Waals surface area contributed by atoms with Crippen LogP contribution < -0.4 is 0 Å². The molecule has 2 saturated heterocycles. The summed E-state index contributed by atoms with van der Waals surface area (Å²) in [7, 11) is 0. The second kappa shape index (κ2) is 7.66. The number of piperidine rings is 1. The Morgan fingerprint density at radius 1 is 1.07 bits per heavy atom. The molecule has 4 atom stereocenters. The summed E-state index contributed by atoms with van der Waals surface area (Å²) in [5.74, 6) is -0.300. The van der Waals surface area contributed by atoms with Crippen LogP contribution in [-0.2, 0) is 19.9 Å². The van der Waals surface area contributed by atoms with Gasteiger partial charge in [0.05, 0.1) is 5.92 Å². The molecule has 0 saturated carbocycles. The molecule has 2 bridgehead atoms. The molecular formula is C26H31NO3. The quantitative estimate of drug-likeness (QED) is 0.669. The molecule has 158 valence electrons. The molecule has 0 N–H and O–H groups in total. The number of Topliss-reactive ketones (excluding diaryl/α,β-unsaturated/α-hetero) is 1. The van der Waals surface area contributed by atoms with Crippen molar-refractivity contribution in [3.05, 3.63) is 71.8 Å². The van der Waals surface area contributed by atoms with E-state index in [-0.39, 0.29) is 29.8 Å². The smallest absolute Gasteiger partial charge is 0.311 e. The van der Waals surface area contributed by atoms with Crippen molar-refractivity contribution >= 4 is 11.8 Å². The monoisotopic (exact) mass is 405 g/mol. The number of carbonyl (C=O) groups excluding carboxylic acids is 2. The summed E-state index contributed by atoms with van der Waals surface area (Å²) in [6.45, 7) is 7.84. The summed E-state index contributed by atoms with van der Waals surface area (Å²) < 4.78 is 5.80. The lowest BCUT2D eigenvalue weighted by atomic mass is 9.78. The maximum Gasteiger partial charge on any atom is 0.311 e. The van der Waals surface area contributed by atoms with Crippen LogP contribution >= 0.6 is 0 Å². The van der Waals surface area contributed by atoms with Gasteiger partial charge in [-0.2, -0.15) is 0 Å². The zero-order chi connectivity index (χ0) is 21.5. The first-order valence-electron chi connectivity index (χ1n) is 10.9. The number of ether oxygens (including phenoxy) is 1. The van der Waals surface area contributed by atoms with E-state index in [1.807, 2.05) is 69.3 Å². The Kier molecular flexibility index (Phi) is 5.31. The highest BCUT2D eigenvalue weighted by molar-refractivity contribution is 5.93. The highest BCUT2D eigenvalue weighted by atomic mass is 16.6. The van der Waals surface area contributed by atoms with Gasteiger partial charge in [0.2, 0.25) is 0 Å². The number of benzene rings is 2. The van der Waals surface area contributed by atoms with Gasteiger partial charge in [-0.1, -0.05) is 60.7 Å². The predicted molar refractivity (Wildman–Crippen MR) is 117 cm³/mol. The third-order valence-electron chi connectivity index (χ3n) is 6.57. The molecule has 30 heavy (non-hydrogen) atoms. The van der Waals surface area contributed by atoms with E-state index in [4.69, 9.17) is 4.74 Å². The van der Waals surface area contributed by atoms with E-state index in [9.17, 15) is 9.59 Å². The molecule has 2 aliphatic heterocycles. The molecule has 2 aromatic carbocycles. The Morgan fingerprint density at radius 2 is 1.67 bits per heavy atom. The van der Waals surface area contributed by atoms with Gasteiger partial charge in [0, 0.05) is 18.5 Å². The third kappa shape index (κ3) is 3.47. The van der Waals surface area contributed by atoms with Gasteiger partial charge in [-0.25, -0.2) is 0 Å². The molecule has 2 heterocycles. The van der Waals surface area contributed by atoms with Crippen LogP contribution in [0.25, 0.3) is 0 Å². The highest BCUT2D eigenvalue weighted by Crippen LogP contribution is 2.55. The van der Waals surface area contributed by atoms with E-state index < -0.39 is 11.1 Å². The van der Waals surface area contributed by atoms with Crippen molar-refractivity contribution in [2.24, 2.45) is 5.92 Å². The molecule has 2 fully saturated rings. The number of rotatable bonds is 4. The second-order valence-electron chi connectivity index (χ2n) is 9.59. The molecule has 4 unspecified atom stereocenters. The summed E-state index contributed by atoms with van der Waals surface area (Å²) in [6.07, 6.45) is 1.66. The summed E-state index contributed by atoms with van der Waals surface area (Å²) in [5.41, 5.74) is 0.796. The van der Waals surface area contributed by atoms with Gasteiger partial charge in [0.25, 0.3) is 0 Å². The number of fused-ring (bicyclic) bond motifs is 2. The van der Waals surface area contributed by atoms with Crippen molar-refractivity contribution in [1.29, 1.82) is 0 Å². The van der Waals surface area contributed by atoms with Gasteiger partial charge in [-0.05, 0) is 51.7 Å². The predicted octanol–water partition coefficient (Wildman–Crippen LogP) is 5.04. The van der Waals surface area contributed by atoms with Crippen molar-refractivity contribution in [3.8, 4) is 0 Å². The standard InChI is InChI=1S/C26H31NO3/c1-18(19-11-7-5-8-12-19)27-22-15-16-23(28)26(27,20-13-9-6-10-14-20)17-21(22)24(29)30-25(2,3)4/h5-14,18,21-22H,15-17H2,1-4H3. The third-order valence-corrected chi connectivity index (χ3v) is 6.57. The van der Waals surface area contributed by atoms with Crippen molar-refractivity contribution in [3.63, 3.8) is 0 Å². The Morgan fingerprint density at radius 3 is 2.27 bits per heavy atom. The summed E-state index contributed by atoms with van der Waals surface area (Å²) in [4.78, 5) is 29.1. The van der Waals surface area contributed by atoms with Crippen LogP contribution in [0.1, 0.15) is 64.1 Å². The average molecular weight is 406 g/mol. The minimum Gasteiger partial charge on any atom is -0.460 e. The van der Waals surface area contributed by atoms with E-state index in [1.54, 1.807) is 0 Å². The molecule has 4 rings (SSSR count). The normalized spacial score (nSPS) is 27.7. The fraction of sp³-hybridized carbons (Fsp3) is 0.462. The molecular weight excluding hydrogens is 374 g/mol. The van der Waals surface area contributed by atoms with Crippen LogP contribution in [0, 0.1) is 5.92 Å². The average Bonchev–Trinajstić information content (AvgIpc) is 3.00. The summed E-state index contributed by atoms with van der Waals surface area (Å²) in [5, 5.41) is 0. The van der Waals surface area contributed by atoms with Gasteiger partial charge in [0.1, 0.15) is 11.1 Å². The number of hydrogen-bond donors (Lipinski definition) is 0. The van der Waals surface area contributed by atoms with Crippen LogP contribution in [0.2, 0.25) is 0 Å². The SMILES string of the molecule is CC(c1ccccc1)N1C2CCC(=O)C1(c1ccccc1)CC2C(=O)OC(C)(C)C. The Balaban J connectivity index is 1.82. The molecule has 0 amide bonds. The van der Waals surface area contributed by atoms with E-state index in [1.165, 1.54) is 0 Å². The molecule has 4 nitrogen and oxygen atoms in total. The molecule has 0 aliphatic carbocycles. The first-order valence-corrected chi connectivity index (χ1v) is 10.9. The number of carbonyl (C=O) groups is 2. The largest absolute Gasteiger partial charge is 0.460 e. The van der Waals surface area contributed by atoms with Crippen molar-refractivity contribution in [2.75, 3.05) is 0 Å². The van der Waals surface area contributed by atoms with Crippen LogP contribution in [0.5, 0.6) is 0 Å². The van der Waals surface area contributed by atoms with E-state index in [2.05, 4.69) is 24.0 Å². The lowest BCUT2D eigenvalue weighted by molar-refractivity contribution is -0.161. The maximum absolute atomic E-state index is 13.6. The fourth-order valence-corrected chi connectivity index (χ4v) is 5.39. The van der Waals surface area contributed by atoms with Gasteiger partial charge in [-0.15, -0.1) is 0 Å². The fourth-order valence-electron chi connectivity index (χ4n) is 5.39. The van der Waals surface area contributed by atoms with Crippen LogP contribution in [0.4, 0.5) is 0 Å². The minimum atomic E-state index is -0.791. The van der Waals surface area contributed by atoms with Gasteiger partial charge in [0.15, 0.2) is 5.78 Å². The second-order valence-corrected chi connectivity index (χ2v) is 9.59. The molecule has 0 aromatic heterocycles. The van der Waals surface area contributed by atoms with E-state index in [0.29, 0.717) is 19.3 Å². The number of ketones is 1. The van der Waals surface area contributed by atoms with E-state index >= 15 is 0 Å². The van der Waals surface area contributed by atoms with Crippen molar-refractivity contribution < 1.29 is 14.3 Å². The number of esters is 1. The minimum absolute atomic E-state index is 0.00749. The molecule has 0 spiro atoms. The van der Waals surface area contributed by atoms with Crippen LogP contribution in [-0.4, -0.2) is 28.3 Å². The Labute approximate surface area is 179 Å². The topological polar surface area (TPSA) is 46.6 Å². The van der Waals surface area contributed by atoms with E-state index in [0.717, 1.165) is 11.1 Å².